The SMILES string of the molecule is CCNC(=O)C(C)NC(=O)Nc1ccc(C(=O)O)nc1. The maximum absolute atomic E-state index is 11.6. The van der Waals surface area contributed by atoms with Crippen LogP contribution in [0.15, 0.2) is 18.3 Å². The number of pyridine rings is 1. The van der Waals surface area contributed by atoms with Gasteiger partial charge in [-0.2, -0.15) is 0 Å². The first-order chi connectivity index (χ1) is 9.43. The molecule has 1 unspecified atom stereocenters. The van der Waals surface area contributed by atoms with Gasteiger partial charge in [0.1, 0.15) is 11.7 Å². The molecule has 0 radical (unpaired) electrons. The molecule has 8 heteroatoms. The molecule has 0 aliphatic carbocycles. The van der Waals surface area contributed by atoms with E-state index in [1.165, 1.54) is 18.3 Å². The predicted molar refractivity (Wildman–Crippen MR) is 71.5 cm³/mol. The van der Waals surface area contributed by atoms with Crippen LogP contribution in [0.4, 0.5) is 10.5 Å². The molecule has 1 aromatic rings. The number of nitrogens with one attached hydrogen (secondary N) is 3. The van der Waals surface area contributed by atoms with Gasteiger partial charge in [-0.25, -0.2) is 14.6 Å². The highest BCUT2D eigenvalue weighted by atomic mass is 16.4. The summed E-state index contributed by atoms with van der Waals surface area (Å²) in [4.78, 5) is 37.3. The lowest BCUT2D eigenvalue weighted by Crippen LogP contribution is -2.46. The Morgan fingerprint density at radius 3 is 2.55 bits per heavy atom. The minimum Gasteiger partial charge on any atom is -0.477 e. The van der Waals surface area contributed by atoms with Gasteiger partial charge in [-0.05, 0) is 26.0 Å². The molecule has 0 saturated carbocycles. The number of carbonyl (C=O) groups is 3. The molecule has 1 atom stereocenters. The molecule has 0 bridgehead atoms. The van der Waals surface area contributed by atoms with Crippen molar-refractivity contribution in [2.75, 3.05) is 11.9 Å². The number of aromatic carboxylic acids is 1. The fourth-order valence-electron chi connectivity index (χ4n) is 1.35. The quantitative estimate of drug-likeness (QED) is 0.623. The number of aromatic nitrogens is 1. The number of rotatable bonds is 5. The van der Waals surface area contributed by atoms with Crippen LogP contribution in [0, 0.1) is 0 Å². The van der Waals surface area contributed by atoms with E-state index in [1.807, 2.05) is 0 Å². The van der Waals surface area contributed by atoms with E-state index >= 15 is 0 Å². The summed E-state index contributed by atoms with van der Waals surface area (Å²) in [5.74, 6) is -1.44. The first-order valence-electron chi connectivity index (χ1n) is 5.98. The minimum absolute atomic E-state index is 0.119. The highest BCUT2D eigenvalue weighted by molar-refractivity contribution is 5.93. The van der Waals surface area contributed by atoms with E-state index in [-0.39, 0.29) is 11.6 Å². The van der Waals surface area contributed by atoms with Crippen LogP contribution in [-0.4, -0.2) is 40.6 Å². The summed E-state index contributed by atoms with van der Waals surface area (Å²) in [7, 11) is 0. The number of amides is 3. The van der Waals surface area contributed by atoms with Gasteiger partial charge in [-0.15, -0.1) is 0 Å². The number of urea groups is 1. The van der Waals surface area contributed by atoms with Crippen LogP contribution >= 0.6 is 0 Å². The Morgan fingerprint density at radius 2 is 2.05 bits per heavy atom. The Labute approximate surface area is 115 Å². The zero-order chi connectivity index (χ0) is 15.1. The molecule has 0 aliphatic rings. The van der Waals surface area contributed by atoms with Crippen LogP contribution in [-0.2, 0) is 4.79 Å². The summed E-state index contributed by atoms with van der Waals surface area (Å²) in [6, 6.07) is 1.42. The van der Waals surface area contributed by atoms with E-state index < -0.39 is 18.0 Å². The fourth-order valence-corrected chi connectivity index (χ4v) is 1.35. The molecular weight excluding hydrogens is 264 g/mol. The van der Waals surface area contributed by atoms with Crippen LogP contribution in [0.1, 0.15) is 24.3 Å². The van der Waals surface area contributed by atoms with Crippen molar-refractivity contribution < 1.29 is 19.5 Å². The van der Waals surface area contributed by atoms with E-state index in [4.69, 9.17) is 5.11 Å². The second-order valence-electron chi connectivity index (χ2n) is 3.95. The maximum Gasteiger partial charge on any atom is 0.354 e. The summed E-state index contributed by atoms with van der Waals surface area (Å²) >= 11 is 0. The molecule has 4 N–H and O–H groups in total. The molecule has 0 aromatic carbocycles. The number of carbonyl (C=O) groups excluding carboxylic acids is 2. The summed E-state index contributed by atoms with van der Waals surface area (Å²) in [6.45, 7) is 3.81. The van der Waals surface area contributed by atoms with Crippen molar-refractivity contribution in [3.63, 3.8) is 0 Å². The third kappa shape index (κ3) is 4.56. The van der Waals surface area contributed by atoms with Gasteiger partial charge in [0, 0.05) is 6.54 Å². The Morgan fingerprint density at radius 1 is 1.35 bits per heavy atom. The molecule has 8 nitrogen and oxygen atoms in total. The Balaban J connectivity index is 2.54. The number of hydrogen-bond acceptors (Lipinski definition) is 4. The van der Waals surface area contributed by atoms with Gasteiger partial charge in [0.25, 0.3) is 0 Å². The number of carboxylic acids is 1. The minimum atomic E-state index is -1.15. The smallest absolute Gasteiger partial charge is 0.354 e. The largest absolute Gasteiger partial charge is 0.477 e. The van der Waals surface area contributed by atoms with Crippen molar-refractivity contribution in [3.05, 3.63) is 24.0 Å². The van der Waals surface area contributed by atoms with Crippen LogP contribution in [0.25, 0.3) is 0 Å². The van der Waals surface area contributed by atoms with Gasteiger partial charge in [0.05, 0.1) is 11.9 Å². The van der Waals surface area contributed by atoms with Crippen molar-refractivity contribution in [1.82, 2.24) is 15.6 Å². The van der Waals surface area contributed by atoms with Gasteiger partial charge in [-0.1, -0.05) is 0 Å². The molecule has 1 rings (SSSR count). The monoisotopic (exact) mass is 280 g/mol. The molecular formula is C12H16N4O4. The maximum atomic E-state index is 11.6. The zero-order valence-electron chi connectivity index (χ0n) is 11.1. The second kappa shape index (κ2) is 7.07. The topological polar surface area (TPSA) is 120 Å². The Hall–Kier alpha value is -2.64. The molecule has 108 valence electrons. The average molecular weight is 280 g/mol. The molecule has 1 aromatic heterocycles. The first kappa shape index (κ1) is 15.4. The number of anilines is 1. The van der Waals surface area contributed by atoms with Crippen LogP contribution in [0.2, 0.25) is 0 Å². The van der Waals surface area contributed by atoms with Crippen molar-refractivity contribution in [1.29, 1.82) is 0 Å². The first-order valence-corrected chi connectivity index (χ1v) is 5.98. The highest BCUT2D eigenvalue weighted by Gasteiger charge is 2.14. The molecule has 20 heavy (non-hydrogen) atoms. The summed E-state index contributed by atoms with van der Waals surface area (Å²) in [5, 5.41) is 16.2. The van der Waals surface area contributed by atoms with Gasteiger partial charge in [0.2, 0.25) is 5.91 Å². The lowest BCUT2D eigenvalue weighted by molar-refractivity contribution is -0.122. The average Bonchev–Trinajstić information content (AvgIpc) is 2.39. The van der Waals surface area contributed by atoms with Crippen molar-refractivity contribution in [2.24, 2.45) is 0 Å². The van der Waals surface area contributed by atoms with Gasteiger partial charge < -0.3 is 21.1 Å². The third-order valence-corrected chi connectivity index (χ3v) is 2.33. The number of nitrogens with zero attached hydrogens (tertiary/aromatic N) is 1. The lowest BCUT2D eigenvalue weighted by atomic mass is 10.3. The van der Waals surface area contributed by atoms with E-state index in [9.17, 15) is 14.4 Å². The van der Waals surface area contributed by atoms with E-state index in [0.717, 1.165) is 0 Å². The van der Waals surface area contributed by atoms with Gasteiger partial charge in [-0.3, -0.25) is 4.79 Å². The van der Waals surface area contributed by atoms with Crippen molar-refractivity contribution in [2.45, 2.75) is 19.9 Å². The van der Waals surface area contributed by atoms with Crippen molar-refractivity contribution in [3.8, 4) is 0 Å². The molecule has 1 heterocycles. The summed E-state index contributed by atoms with van der Waals surface area (Å²) in [6.07, 6.45) is 1.22. The van der Waals surface area contributed by atoms with Crippen LogP contribution < -0.4 is 16.0 Å². The van der Waals surface area contributed by atoms with Crippen molar-refractivity contribution >= 4 is 23.6 Å². The molecule has 0 aliphatic heterocycles. The normalized spacial score (nSPS) is 11.3. The number of likely N-dealkylation sites (N-methyl/N-ethyl adjacent to an activating group) is 1. The number of carboxylic acid groups (broad SMARTS) is 1. The van der Waals surface area contributed by atoms with E-state index in [0.29, 0.717) is 12.2 Å². The molecule has 0 fully saturated rings. The van der Waals surface area contributed by atoms with Gasteiger partial charge >= 0.3 is 12.0 Å². The Bertz CT molecular complexity index is 501. The second-order valence-corrected chi connectivity index (χ2v) is 3.95. The molecule has 3 amide bonds. The fraction of sp³-hybridized carbons (Fsp3) is 0.333. The number of hydrogen-bond donors (Lipinski definition) is 4. The highest BCUT2D eigenvalue weighted by Crippen LogP contribution is 2.05. The van der Waals surface area contributed by atoms with E-state index in [2.05, 4.69) is 20.9 Å². The zero-order valence-corrected chi connectivity index (χ0v) is 11.1. The third-order valence-electron chi connectivity index (χ3n) is 2.33. The standard InChI is InChI=1S/C12H16N4O4/c1-3-13-10(17)7(2)15-12(20)16-8-4-5-9(11(18)19)14-6-8/h4-7H,3H2,1-2H3,(H,13,17)(H,18,19)(H2,15,16,20). The van der Waals surface area contributed by atoms with E-state index in [1.54, 1.807) is 13.8 Å². The summed E-state index contributed by atoms with van der Waals surface area (Å²) < 4.78 is 0. The molecule has 0 spiro atoms. The molecule has 0 saturated heterocycles. The lowest BCUT2D eigenvalue weighted by Gasteiger charge is -2.13. The van der Waals surface area contributed by atoms with Crippen LogP contribution in [0.5, 0.6) is 0 Å². The summed E-state index contributed by atoms with van der Waals surface area (Å²) in [5.41, 5.74) is 0.210. The van der Waals surface area contributed by atoms with Crippen LogP contribution in [0.3, 0.4) is 0 Å². The predicted octanol–water partition coefficient (Wildman–Crippen LogP) is 0.426. The Kier molecular flexibility index (Phi) is 5.45. The van der Waals surface area contributed by atoms with Gasteiger partial charge in [0.15, 0.2) is 0 Å².